The molecule has 0 heterocycles. The molecule has 0 aliphatic rings. The number of hydrogen-bond acceptors (Lipinski definition) is 3. The summed E-state index contributed by atoms with van der Waals surface area (Å²) in [5.41, 5.74) is 5.17. The first-order valence-electron chi connectivity index (χ1n) is 3.52. The number of rotatable bonds is 6. The van der Waals surface area contributed by atoms with Crippen molar-refractivity contribution in [3.63, 3.8) is 0 Å². The summed E-state index contributed by atoms with van der Waals surface area (Å²) in [5.74, 6) is -0.657. The van der Waals surface area contributed by atoms with Gasteiger partial charge in [-0.25, -0.2) is 0 Å². The molecule has 0 saturated heterocycles. The van der Waals surface area contributed by atoms with Crippen molar-refractivity contribution < 1.29 is 14.1 Å². The van der Waals surface area contributed by atoms with E-state index >= 15 is 0 Å². The lowest BCUT2D eigenvalue weighted by molar-refractivity contribution is -0.137. The van der Waals surface area contributed by atoms with Crippen LogP contribution in [0.15, 0.2) is 12.7 Å². The van der Waals surface area contributed by atoms with Crippen molar-refractivity contribution in [2.24, 2.45) is 5.73 Å². The molecular weight excluding hydrogens is 178 g/mol. The van der Waals surface area contributed by atoms with Crippen LogP contribution in [-0.2, 0) is 15.6 Å². The van der Waals surface area contributed by atoms with E-state index in [4.69, 9.17) is 10.8 Å². The number of carbonyl (C=O) groups is 1. The number of aliphatic carboxylic acids is 1. The van der Waals surface area contributed by atoms with Crippen LogP contribution in [0, 0.1) is 0 Å². The van der Waals surface area contributed by atoms with E-state index in [1.165, 1.54) is 0 Å². The summed E-state index contributed by atoms with van der Waals surface area (Å²) in [6.45, 7) is 3.46. The standard InChI is InChI=1S/C7H13NO3S/c1-2-3-4-12(11)5-6(8)7(9)10/h2,6H,1,3-5,8H2,(H,9,10)/t6-,12?/m0/s1. The molecule has 0 aromatic heterocycles. The summed E-state index contributed by atoms with van der Waals surface area (Å²) >= 11 is 0. The molecule has 0 rings (SSSR count). The lowest BCUT2D eigenvalue weighted by Gasteiger charge is -2.04. The van der Waals surface area contributed by atoms with Crippen molar-refractivity contribution in [3.8, 4) is 0 Å². The molecule has 0 aliphatic carbocycles. The minimum Gasteiger partial charge on any atom is -0.480 e. The fourth-order valence-corrected chi connectivity index (χ4v) is 1.71. The van der Waals surface area contributed by atoms with E-state index in [1.807, 2.05) is 0 Å². The molecule has 0 aromatic rings. The van der Waals surface area contributed by atoms with Crippen LogP contribution in [0.5, 0.6) is 0 Å². The predicted octanol–water partition coefficient (Wildman–Crippen LogP) is -0.277. The van der Waals surface area contributed by atoms with Gasteiger partial charge in [0.15, 0.2) is 0 Å². The van der Waals surface area contributed by atoms with Crippen LogP contribution < -0.4 is 5.73 Å². The highest BCUT2D eigenvalue weighted by molar-refractivity contribution is 7.85. The van der Waals surface area contributed by atoms with Crippen LogP contribution in [0.3, 0.4) is 0 Å². The van der Waals surface area contributed by atoms with E-state index in [0.29, 0.717) is 12.2 Å². The molecule has 12 heavy (non-hydrogen) atoms. The Labute approximate surface area is 73.9 Å². The van der Waals surface area contributed by atoms with Gasteiger partial charge >= 0.3 is 5.97 Å². The minimum absolute atomic E-state index is 0.0170. The largest absolute Gasteiger partial charge is 0.480 e. The van der Waals surface area contributed by atoms with Crippen molar-refractivity contribution in [1.82, 2.24) is 0 Å². The Morgan fingerprint density at radius 2 is 2.33 bits per heavy atom. The first-order valence-corrected chi connectivity index (χ1v) is 5.01. The maximum Gasteiger partial charge on any atom is 0.321 e. The summed E-state index contributed by atoms with van der Waals surface area (Å²) < 4.78 is 11.0. The molecule has 0 saturated carbocycles. The maximum absolute atomic E-state index is 11.0. The third kappa shape index (κ3) is 5.03. The van der Waals surface area contributed by atoms with E-state index in [-0.39, 0.29) is 5.75 Å². The molecule has 0 bridgehead atoms. The molecule has 2 atom stereocenters. The van der Waals surface area contributed by atoms with E-state index in [2.05, 4.69) is 6.58 Å². The Morgan fingerprint density at radius 3 is 2.75 bits per heavy atom. The van der Waals surface area contributed by atoms with Crippen molar-refractivity contribution in [1.29, 1.82) is 0 Å². The Morgan fingerprint density at radius 1 is 1.75 bits per heavy atom. The minimum atomic E-state index is -1.15. The van der Waals surface area contributed by atoms with Gasteiger partial charge in [0, 0.05) is 22.3 Å². The number of allylic oxidation sites excluding steroid dienone is 1. The first-order chi connectivity index (χ1) is 5.57. The number of carboxylic acid groups (broad SMARTS) is 1. The van der Waals surface area contributed by atoms with Gasteiger partial charge in [0.05, 0.1) is 0 Å². The van der Waals surface area contributed by atoms with Crippen LogP contribution in [-0.4, -0.2) is 32.8 Å². The van der Waals surface area contributed by atoms with Crippen LogP contribution in [0.1, 0.15) is 6.42 Å². The summed E-state index contributed by atoms with van der Waals surface area (Å²) in [6, 6.07) is -1.02. The molecule has 1 unspecified atom stereocenters. The molecule has 0 aromatic carbocycles. The molecule has 0 aliphatic heterocycles. The molecule has 0 amide bonds. The second-order valence-corrected chi connectivity index (χ2v) is 3.95. The lowest BCUT2D eigenvalue weighted by Crippen LogP contribution is -2.35. The quantitative estimate of drug-likeness (QED) is 0.566. The monoisotopic (exact) mass is 191 g/mol. The summed E-state index contributed by atoms with van der Waals surface area (Å²) in [7, 11) is -1.15. The highest BCUT2D eigenvalue weighted by Gasteiger charge is 2.14. The SMILES string of the molecule is C=CCCS(=O)C[C@H](N)C(=O)O. The Bertz CT molecular complexity index is 193. The zero-order valence-electron chi connectivity index (χ0n) is 6.73. The van der Waals surface area contributed by atoms with Gasteiger partial charge in [-0.3, -0.25) is 9.00 Å². The van der Waals surface area contributed by atoms with Crippen LogP contribution in [0.4, 0.5) is 0 Å². The van der Waals surface area contributed by atoms with Gasteiger partial charge in [-0.15, -0.1) is 6.58 Å². The molecule has 70 valence electrons. The normalized spacial score (nSPS) is 15.1. The second-order valence-electron chi connectivity index (χ2n) is 2.33. The highest BCUT2D eigenvalue weighted by Crippen LogP contribution is 1.91. The molecule has 0 fully saturated rings. The van der Waals surface area contributed by atoms with Crippen molar-refractivity contribution in [2.75, 3.05) is 11.5 Å². The van der Waals surface area contributed by atoms with Crippen molar-refractivity contribution in [2.45, 2.75) is 12.5 Å². The smallest absolute Gasteiger partial charge is 0.321 e. The topological polar surface area (TPSA) is 80.4 Å². The van der Waals surface area contributed by atoms with Gasteiger partial charge in [-0.1, -0.05) is 6.08 Å². The number of nitrogens with two attached hydrogens (primary N) is 1. The van der Waals surface area contributed by atoms with E-state index in [0.717, 1.165) is 0 Å². The molecule has 4 nitrogen and oxygen atoms in total. The van der Waals surface area contributed by atoms with Gasteiger partial charge in [-0.05, 0) is 6.42 Å². The zero-order chi connectivity index (χ0) is 9.56. The first kappa shape index (κ1) is 11.3. The van der Waals surface area contributed by atoms with Crippen LogP contribution >= 0.6 is 0 Å². The molecule has 5 heteroatoms. The van der Waals surface area contributed by atoms with Gasteiger partial charge in [0.1, 0.15) is 6.04 Å². The molecule has 3 N–H and O–H groups in total. The van der Waals surface area contributed by atoms with E-state index < -0.39 is 22.8 Å². The highest BCUT2D eigenvalue weighted by atomic mass is 32.2. The van der Waals surface area contributed by atoms with Crippen molar-refractivity contribution >= 4 is 16.8 Å². The van der Waals surface area contributed by atoms with E-state index in [9.17, 15) is 9.00 Å². The third-order valence-electron chi connectivity index (χ3n) is 1.23. The van der Waals surface area contributed by atoms with Gasteiger partial charge in [0.2, 0.25) is 0 Å². The zero-order valence-corrected chi connectivity index (χ0v) is 7.55. The summed E-state index contributed by atoms with van der Waals surface area (Å²) in [5, 5.41) is 8.38. The van der Waals surface area contributed by atoms with Crippen LogP contribution in [0.25, 0.3) is 0 Å². The van der Waals surface area contributed by atoms with Crippen molar-refractivity contribution in [3.05, 3.63) is 12.7 Å². The predicted molar refractivity (Wildman–Crippen MR) is 48.3 cm³/mol. The summed E-state index contributed by atoms with van der Waals surface area (Å²) in [6.07, 6.45) is 2.27. The Hall–Kier alpha value is -0.680. The number of hydrogen-bond donors (Lipinski definition) is 2. The van der Waals surface area contributed by atoms with Gasteiger partial charge in [-0.2, -0.15) is 0 Å². The third-order valence-corrected chi connectivity index (χ3v) is 2.65. The Kier molecular flexibility index (Phi) is 5.57. The second kappa shape index (κ2) is 5.91. The molecule has 0 radical (unpaired) electrons. The molecule has 0 spiro atoms. The fourth-order valence-electron chi connectivity index (χ4n) is 0.570. The fraction of sp³-hybridized carbons (Fsp3) is 0.571. The lowest BCUT2D eigenvalue weighted by atomic mass is 10.4. The number of carboxylic acids is 1. The van der Waals surface area contributed by atoms with Gasteiger partial charge in [0.25, 0.3) is 0 Å². The molecular formula is C7H13NO3S. The maximum atomic E-state index is 11.0. The van der Waals surface area contributed by atoms with Gasteiger partial charge < -0.3 is 10.8 Å². The van der Waals surface area contributed by atoms with Crippen LogP contribution in [0.2, 0.25) is 0 Å². The average molecular weight is 191 g/mol. The average Bonchev–Trinajstić information content (AvgIpc) is 2.00. The summed E-state index contributed by atoms with van der Waals surface area (Å²) in [4.78, 5) is 10.2. The Balaban J connectivity index is 3.68. The van der Waals surface area contributed by atoms with E-state index in [1.54, 1.807) is 6.08 Å².